The number of benzene rings is 2. The molecular formula is C13H14ClF2N. The zero-order valence-electron chi connectivity index (χ0n) is 9.36. The molecule has 0 aromatic heterocycles. The Hall–Kier alpha value is -1.19. The van der Waals surface area contributed by atoms with Gasteiger partial charge in [-0.25, -0.2) is 8.78 Å². The quantitative estimate of drug-likeness (QED) is 0.869. The van der Waals surface area contributed by atoms with Gasteiger partial charge in [0.25, 0.3) is 6.43 Å². The van der Waals surface area contributed by atoms with Gasteiger partial charge in [0.2, 0.25) is 0 Å². The molecule has 0 spiro atoms. The molecule has 0 unspecified atom stereocenters. The minimum atomic E-state index is -2.54. The van der Waals surface area contributed by atoms with Crippen LogP contribution in [-0.4, -0.2) is 6.43 Å². The Kier molecular flexibility index (Phi) is 4.43. The van der Waals surface area contributed by atoms with Gasteiger partial charge < -0.3 is 5.73 Å². The van der Waals surface area contributed by atoms with Crippen LogP contribution in [0.1, 0.15) is 17.2 Å². The van der Waals surface area contributed by atoms with Gasteiger partial charge in [0.05, 0.1) is 6.04 Å². The summed E-state index contributed by atoms with van der Waals surface area (Å²) in [7, 11) is 0. The van der Waals surface area contributed by atoms with Crippen molar-refractivity contribution in [1.82, 2.24) is 0 Å². The standard InChI is InChI=1S/C13H13F2N.ClH/c1-8-6-7-11(12(16)13(14)15)10-5-3-2-4-9(8)10;/h2-7,12-13H,16H2,1H3;1H/t12-;/m1./s1. The van der Waals surface area contributed by atoms with Crippen molar-refractivity contribution >= 4 is 23.2 Å². The second kappa shape index (κ2) is 5.43. The van der Waals surface area contributed by atoms with E-state index in [-0.39, 0.29) is 12.4 Å². The van der Waals surface area contributed by atoms with Crippen molar-refractivity contribution in [2.75, 3.05) is 0 Å². The molecule has 0 aliphatic carbocycles. The number of fused-ring (bicyclic) bond motifs is 1. The summed E-state index contributed by atoms with van der Waals surface area (Å²) < 4.78 is 25.2. The van der Waals surface area contributed by atoms with Crippen LogP contribution < -0.4 is 5.73 Å². The fourth-order valence-corrected chi connectivity index (χ4v) is 1.90. The SMILES string of the molecule is Cc1ccc([C@@H](N)C(F)F)c2ccccc12.Cl. The molecule has 2 aromatic carbocycles. The third kappa shape index (κ3) is 2.56. The molecule has 2 rings (SSSR count). The molecule has 1 nitrogen and oxygen atoms in total. The van der Waals surface area contributed by atoms with Crippen LogP contribution in [0.3, 0.4) is 0 Å². The monoisotopic (exact) mass is 257 g/mol. The summed E-state index contributed by atoms with van der Waals surface area (Å²) in [6, 6.07) is 9.79. The van der Waals surface area contributed by atoms with E-state index in [2.05, 4.69) is 0 Å². The minimum absolute atomic E-state index is 0. The van der Waals surface area contributed by atoms with Gasteiger partial charge in [0.1, 0.15) is 0 Å². The maximum atomic E-state index is 12.6. The average Bonchev–Trinajstić information content (AvgIpc) is 2.29. The highest BCUT2D eigenvalue weighted by molar-refractivity contribution is 5.88. The first-order valence-corrected chi connectivity index (χ1v) is 5.13. The summed E-state index contributed by atoms with van der Waals surface area (Å²) in [5.41, 5.74) is 7.08. The lowest BCUT2D eigenvalue weighted by Crippen LogP contribution is -2.19. The van der Waals surface area contributed by atoms with E-state index < -0.39 is 12.5 Å². The largest absolute Gasteiger partial charge is 0.319 e. The predicted molar refractivity (Wildman–Crippen MR) is 68.9 cm³/mol. The molecule has 0 fully saturated rings. The highest BCUT2D eigenvalue weighted by Crippen LogP contribution is 2.28. The number of nitrogens with two attached hydrogens (primary N) is 1. The highest BCUT2D eigenvalue weighted by atomic mass is 35.5. The smallest absolute Gasteiger partial charge is 0.257 e. The molecule has 2 aromatic rings. The van der Waals surface area contributed by atoms with Gasteiger partial charge in [-0.05, 0) is 28.8 Å². The zero-order chi connectivity index (χ0) is 11.7. The predicted octanol–water partition coefficient (Wildman–Crippen LogP) is 3.83. The first-order valence-electron chi connectivity index (χ1n) is 5.13. The van der Waals surface area contributed by atoms with Crippen molar-refractivity contribution in [2.45, 2.75) is 19.4 Å². The minimum Gasteiger partial charge on any atom is -0.319 e. The second-order valence-corrected chi connectivity index (χ2v) is 3.88. The Morgan fingerprint density at radius 1 is 1.00 bits per heavy atom. The molecular weight excluding hydrogens is 244 g/mol. The van der Waals surface area contributed by atoms with E-state index in [1.54, 1.807) is 6.07 Å². The van der Waals surface area contributed by atoms with Gasteiger partial charge >= 0.3 is 0 Å². The van der Waals surface area contributed by atoms with Crippen molar-refractivity contribution in [3.8, 4) is 0 Å². The van der Waals surface area contributed by atoms with E-state index in [1.165, 1.54) is 0 Å². The Bertz CT molecular complexity index is 514. The summed E-state index contributed by atoms with van der Waals surface area (Å²) in [5, 5.41) is 1.80. The number of aryl methyl sites for hydroxylation is 1. The van der Waals surface area contributed by atoms with Crippen LogP contribution in [-0.2, 0) is 0 Å². The lowest BCUT2D eigenvalue weighted by molar-refractivity contribution is 0.117. The topological polar surface area (TPSA) is 26.0 Å². The van der Waals surface area contributed by atoms with Gasteiger partial charge in [-0.1, -0.05) is 36.4 Å². The molecule has 4 heteroatoms. The number of hydrogen-bond donors (Lipinski definition) is 1. The molecule has 2 N–H and O–H groups in total. The normalized spacial score (nSPS) is 12.5. The third-order valence-corrected chi connectivity index (χ3v) is 2.81. The summed E-state index contributed by atoms with van der Waals surface area (Å²) in [5.74, 6) is 0. The molecule has 0 aliphatic heterocycles. The molecule has 0 bridgehead atoms. The highest BCUT2D eigenvalue weighted by Gasteiger charge is 2.19. The van der Waals surface area contributed by atoms with Crippen LogP contribution in [0, 0.1) is 6.92 Å². The average molecular weight is 258 g/mol. The van der Waals surface area contributed by atoms with Crippen molar-refractivity contribution < 1.29 is 8.78 Å². The second-order valence-electron chi connectivity index (χ2n) is 3.88. The Balaban J connectivity index is 0.00000144. The third-order valence-electron chi connectivity index (χ3n) is 2.81. The van der Waals surface area contributed by atoms with Gasteiger partial charge in [-0.15, -0.1) is 12.4 Å². The lowest BCUT2D eigenvalue weighted by atomic mass is 9.96. The Morgan fingerprint density at radius 2 is 1.59 bits per heavy atom. The zero-order valence-corrected chi connectivity index (χ0v) is 10.2. The summed E-state index contributed by atoms with van der Waals surface area (Å²) in [4.78, 5) is 0. The van der Waals surface area contributed by atoms with Crippen molar-refractivity contribution in [1.29, 1.82) is 0 Å². The van der Waals surface area contributed by atoms with Crippen molar-refractivity contribution in [3.05, 3.63) is 47.5 Å². The lowest BCUT2D eigenvalue weighted by Gasteiger charge is -2.14. The number of alkyl halides is 2. The van der Waals surface area contributed by atoms with Gasteiger partial charge in [0.15, 0.2) is 0 Å². The van der Waals surface area contributed by atoms with Crippen LogP contribution in [0.15, 0.2) is 36.4 Å². The Labute approximate surface area is 105 Å². The molecule has 92 valence electrons. The van der Waals surface area contributed by atoms with Crippen LogP contribution in [0.5, 0.6) is 0 Å². The van der Waals surface area contributed by atoms with Crippen molar-refractivity contribution in [2.24, 2.45) is 5.73 Å². The van der Waals surface area contributed by atoms with Gasteiger partial charge in [-0.3, -0.25) is 0 Å². The Morgan fingerprint density at radius 3 is 2.18 bits per heavy atom. The first kappa shape index (κ1) is 13.9. The molecule has 0 aliphatic rings. The van der Waals surface area contributed by atoms with Crippen LogP contribution >= 0.6 is 12.4 Å². The fourth-order valence-electron chi connectivity index (χ4n) is 1.90. The first-order chi connectivity index (χ1) is 7.61. The summed E-state index contributed by atoms with van der Waals surface area (Å²) in [6.07, 6.45) is -2.54. The molecule has 0 saturated carbocycles. The summed E-state index contributed by atoms with van der Waals surface area (Å²) >= 11 is 0. The molecule has 0 saturated heterocycles. The van der Waals surface area contributed by atoms with Gasteiger partial charge in [0, 0.05) is 0 Å². The maximum Gasteiger partial charge on any atom is 0.257 e. The number of halogens is 3. The summed E-state index contributed by atoms with van der Waals surface area (Å²) in [6.45, 7) is 1.96. The molecule has 0 amide bonds. The van der Waals surface area contributed by atoms with E-state index in [9.17, 15) is 8.78 Å². The van der Waals surface area contributed by atoms with Gasteiger partial charge in [-0.2, -0.15) is 0 Å². The van der Waals surface area contributed by atoms with E-state index in [4.69, 9.17) is 5.73 Å². The molecule has 1 atom stereocenters. The van der Waals surface area contributed by atoms with Crippen LogP contribution in [0.25, 0.3) is 10.8 Å². The van der Waals surface area contributed by atoms with E-state index in [0.717, 1.165) is 16.3 Å². The van der Waals surface area contributed by atoms with E-state index in [1.807, 2.05) is 37.3 Å². The number of hydrogen-bond acceptors (Lipinski definition) is 1. The molecule has 0 radical (unpaired) electrons. The maximum absolute atomic E-state index is 12.6. The van der Waals surface area contributed by atoms with E-state index >= 15 is 0 Å². The van der Waals surface area contributed by atoms with Crippen LogP contribution in [0.2, 0.25) is 0 Å². The van der Waals surface area contributed by atoms with Crippen LogP contribution in [0.4, 0.5) is 8.78 Å². The van der Waals surface area contributed by atoms with Crippen molar-refractivity contribution in [3.63, 3.8) is 0 Å². The molecule has 0 heterocycles. The number of rotatable bonds is 2. The fraction of sp³-hybridized carbons (Fsp3) is 0.231. The molecule has 17 heavy (non-hydrogen) atoms. The van der Waals surface area contributed by atoms with E-state index in [0.29, 0.717) is 5.56 Å².